The first-order chi connectivity index (χ1) is 11.8. The van der Waals surface area contributed by atoms with Crippen LogP contribution < -0.4 is 5.32 Å². The first-order valence-corrected chi connectivity index (χ1v) is 9.34. The van der Waals surface area contributed by atoms with E-state index >= 15 is 0 Å². The van der Waals surface area contributed by atoms with Gasteiger partial charge in [0.05, 0.1) is 17.1 Å². The number of benzene rings is 1. The average Bonchev–Trinajstić information content (AvgIpc) is 3.34. The fourth-order valence-electron chi connectivity index (χ4n) is 2.72. The molecule has 4 rings (SSSR count). The largest absolute Gasteiger partial charge is 0.348 e. The van der Waals surface area contributed by atoms with Crippen molar-refractivity contribution in [1.82, 2.24) is 14.9 Å². The zero-order valence-corrected chi connectivity index (χ0v) is 14.4. The van der Waals surface area contributed by atoms with Crippen molar-refractivity contribution in [2.45, 2.75) is 13.1 Å². The predicted molar refractivity (Wildman–Crippen MR) is 99.2 cm³/mol. The number of rotatable bonds is 5. The molecule has 0 unspecified atom stereocenters. The lowest BCUT2D eigenvalue weighted by Gasteiger charge is -2.10. The normalized spacial score (nSPS) is 11.0. The Labute approximate surface area is 147 Å². The molecular formula is C18H15N3OS2. The molecular weight excluding hydrogens is 338 g/mol. The van der Waals surface area contributed by atoms with Crippen molar-refractivity contribution < 1.29 is 4.79 Å². The Morgan fingerprint density at radius 3 is 2.83 bits per heavy atom. The molecule has 0 radical (unpaired) electrons. The number of carbonyl (C=O) groups excluding carboxylic acids is 1. The van der Waals surface area contributed by atoms with Gasteiger partial charge in [-0.15, -0.1) is 22.7 Å². The van der Waals surface area contributed by atoms with Gasteiger partial charge in [-0.3, -0.25) is 4.79 Å². The number of fused-ring (bicyclic) bond motifs is 1. The molecule has 0 aliphatic carbocycles. The number of nitrogens with one attached hydrogen (secondary N) is 1. The molecule has 0 fully saturated rings. The summed E-state index contributed by atoms with van der Waals surface area (Å²) in [6.45, 7) is 0.774. The fourth-order valence-corrected chi connectivity index (χ4v) is 4.03. The van der Waals surface area contributed by atoms with Crippen molar-refractivity contribution >= 4 is 39.5 Å². The summed E-state index contributed by atoms with van der Waals surface area (Å²) in [5.41, 5.74) is 2.15. The van der Waals surface area contributed by atoms with Crippen molar-refractivity contribution in [2.75, 3.05) is 0 Å². The number of thiazole rings is 1. The molecule has 1 amide bonds. The lowest BCUT2D eigenvalue weighted by atomic mass is 10.2. The molecule has 120 valence electrons. The minimum atomic E-state index is -0.00985. The van der Waals surface area contributed by atoms with Crippen LogP contribution in [0.3, 0.4) is 0 Å². The highest BCUT2D eigenvalue weighted by atomic mass is 32.1. The molecule has 0 saturated carbocycles. The van der Waals surface area contributed by atoms with Crippen LogP contribution in [0.15, 0.2) is 59.4 Å². The molecule has 0 aliphatic rings. The highest BCUT2D eigenvalue weighted by molar-refractivity contribution is 7.13. The average molecular weight is 353 g/mol. The molecule has 0 aliphatic heterocycles. The van der Waals surface area contributed by atoms with Gasteiger partial charge in [0.1, 0.15) is 11.6 Å². The van der Waals surface area contributed by atoms with Gasteiger partial charge in [-0.1, -0.05) is 24.3 Å². The number of amides is 1. The van der Waals surface area contributed by atoms with Crippen LogP contribution in [0.2, 0.25) is 0 Å². The van der Waals surface area contributed by atoms with E-state index in [0.29, 0.717) is 13.1 Å². The highest BCUT2D eigenvalue weighted by Gasteiger charge is 2.14. The van der Waals surface area contributed by atoms with Crippen LogP contribution in [0.25, 0.3) is 21.5 Å². The van der Waals surface area contributed by atoms with Crippen molar-refractivity contribution in [3.63, 3.8) is 0 Å². The summed E-state index contributed by atoms with van der Waals surface area (Å²) < 4.78 is 2.08. The molecule has 4 nitrogen and oxygen atoms in total. The minimum absolute atomic E-state index is 0.00985. The second-order valence-corrected chi connectivity index (χ2v) is 7.28. The molecule has 1 N–H and O–H groups in total. The van der Waals surface area contributed by atoms with Gasteiger partial charge >= 0.3 is 0 Å². The number of para-hydroxylation sites is 1. The quantitative estimate of drug-likeness (QED) is 0.586. The Bertz CT molecular complexity index is 956. The van der Waals surface area contributed by atoms with Crippen LogP contribution in [0.5, 0.6) is 0 Å². The zero-order valence-electron chi connectivity index (χ0n) is 12.8. The van der Waals surface area contributed by atoms with Crippen molar-refractivity contribution in [3.8, 4) is 10.6 Å². The van der Waals surface area contributed by atoms with Crippen molar-refractivity contribution in [1.29, 1.82) is 0 Å². The summed E-state index contributed by atoms with van der Waals surface area (Å²) in [6, 6.07) is 14.4. The minimum Gasteiger partial charge on any atom is -0.348 e. The van der Waals surface area contributed by atoms with E-state index in [2.05, 4.69) is 44.5 Å². The number of thiophene rings is 1. The van der Waals surface area contributed by atoms with E-state index in [1.165, 1.54) is 4.88 Å². The van der Waals surface area contributed by atoms with Gasteiger partial charge in [0.25, 0.3) is 0 Å². The molecule has 4 aromatic rings. The lowest BCUT2D eigenvalue weighted by Crippen LogP contribution is -2.27. The van der Waals surface area contributed by atoms with E-state index in [1.807, 2.05) is 23.6 Å². The Kier molecular flexibility index (Phi) is 4.15. The molecule has 6 heteroatoms. The van der Waals surface area contributed by atoms with Gasteiger partial charge in [-0.25, -0.2) is 4.98 Å². The van der Waals surface area contributed by atoms with Crippen LogP contribution in [-0.4, -0.2) is 15.5 Å². The van der Waals surface area contributed by atoms with Crippen LogP contribution in [0.1, 0.15) is 5.01 Å². The van der Waals surface area contributed by atoms with Crippen LogP contribution in [-0.2, 0) is 17.9 Å². The predicted octanol–water partition coefficient (Wildman–Crippen LogP) is 4.14. The second kappa shape index (κ2) is 6.59. The molecule has 0 atom stereocenters. The Morgan fingerprint density at radius 2 is 2.04 bits per heavy atom. The van der Waals surface area contributed by atoms with Crippen LogP contribution in [0, 0.1) is 0 Å². The van der Waals surface area contributed by atoms with Gasteiger partial charge in [-0.2, -0.15) is 0 Å². The third-order valence-corrected chi connectivity index (χ3v) is 5.48. The number of hydrogen-bond donors (Lipinski definition) is 1. The smallest absolute Gasteiger partial charge is 0.240 e. The van der Waals surface area contributed by atoms with E-state index in [0.717, 1.165) is 21.6 Å². The summed E-state index contributed by atoms with van der Waals surface area (Å²) in [4.78, 5) is 17.8. The Morgan fingerprint density at radius 1 is 1.12 bits per heavy atom. The Hall–Kier alpha value is -2.44. The molecule has 24 heavy (non-hydrogen) atoms. The molecule has 0 spiro atoms. The standard InChI is InChI=1S/C18H15N3OS2/c22-17(20-11-18-19-7-9-24-18)12-21-14-5-2-1-4-13(14)10-15(21)16-6-3-8-23-16/h1-10H,11-12H2,(H,20,22). The van der Waals surface area contributed by atoms with Gasteiger partial charge in [0, 0.05) is 22.5 Å². The lowest BCUT2D eigenvalue weighted by molar-refractivity contribution is -0.121. The summed E-state index contributed by atoms with van der Waals surface area (Å²) in [5.74, 6) is -0.00985. The van der Waals surface area contributed by atoms with E-state index < -0.39 is 0 Å². The summed E-state index contributed by atoms with van der Waals surface area (Å²) in [7, 11) is 0. The zero-order chi connectivity index (χ0) is 16.4. The second-order valence-electron chi connectivity index (χ2n) is 5.35. The molecule has 0 saturated heterocycles. The SMILES string of the molecule is O=C(Cn1c(-c2cccs2)cc2ccccc21)NCc1nccs1. The van der Waals surface area contributed by atoms with Crippen molar-refractivity contribution in [2.24, 2.45) is 0 Å². The van der Waals surface area contributed by atoms with Crippen LogP contribution in [0.4, 0.5) is 0 Å². The maximum Gasteiger partial charge on any atom is 0.240 e. The van der Waals surface area contributed by atoms with Crippen molar-refractivity contribution in [3.05, 3.63) is 64.4 Å². The van der Waals surface area contributed by atoms with E-state index in [1.54, 1.807) is 28.9 Å². The number of carbonyl (C=O) groups is 1. The highest BCUT2D eigenvalue weighted by Crippen LogP contribution is 2.31. The summed E-state index contributed by atoms with van der Waals surface area (Å²) in [6.07, 6.45) is 1.75. The molecule has 1 aromatic carbocycles. The maximum atomic E-state index is 12.4. The van der Waals surface area contributed by atoms with Gasteiger partial charge < -0.3 is 9.88 Å². The third kappa shape index (κ3) is 2.98. The van der Waals surface area contributed by atoms with Gasteiger partial charge in [-0.05, 0) is 23.6 Å². The molecule has 0 bridgehead atoms. The van der Waals surface area contributed by atoms with E-state index in [9.17, 15) is 4.79 Å². The Balaban J connectivity index is 1.62. The monoisotopic (exact) mass is 353 g/mol. The summed E-state index contributed by atoms with van der Waals surface area (Å²) >= 11 is 3.23. The first-order valence-electron chi connectivity index (χ1n) is 7.58. The molecule has 3 heterocycles. The maximum absolute atomic E-state index is 12.4. The summed E-state index contributed by atoms with van der Waals surface area (Å²) in [5, 5.41) is 8.98. The van der Waals surface area contributed by atoms with E-state index in [-0.39, 0.29) is 5.91 Å². The van der Waals surface area contributed by atoms with Gasteiger partial charge in [0.15, 0.2) is 0 Å². The van der Waals surface area contributed by atoms with E-state index in [4.69, 9.17) is 0 Å². The number of nitrogens with zero attached hydrogens (tertiary/aromatic N) is 2. The first kappa shape index (κ1) is 15.1. The third-order valence-electron chi connectivity index (χ3n) is 3.81. The fraction of sp³-hybridized carbons (Fsp3) is 0.111. The van der Waals surface area contributed by atoms with Crippen LogP contribution >= 0.6 is 22.7 Å². The van der Waals surface area contributed by atoms with Gasteiger partial charge in [0.2, 0.25) is 5.91 Å². The number of hydrogen-bond acceptors (Lipinski definition) is 4. The molecule has 3 aromatic heterocycles. The number of aromatic nitrogens is 2. The topological polar surface area (TPSA) is 46.9 Å².